The molecule has 7 nitrogen and oxygen atoms in total. The molecule has 0 fully saturated rings. The molecule has 0 amide bonds. The van der Waals surface area contributed by atoms with Crippen LogP contribution in [0, 0.1) is 6.92 Å². The summed E-state index contributed by atoms with van der Waals surface area (Å²) in [6.45, 7) is 1.70. The number of rotatable bonds is 1. The molecule has 0 bridgehead atoms. The highest BCUT2D eigenvalue weighted by molar-refractivity contribution is 5.69. The number of aromatic amines is 1. The second kappa shape index (κ2) is 2.95. The Kier molecular flexibility index (Phi) is 1.77. The number of anilines is 1. The first kappa shape index (κ1) is 8.42. The standard InChI is InChI=1S/C7H7N5O2/c1-3-5(12-14-11-3)6-4(8)2-9-7(13)10-6/h2H,8H2,1H3,(H,9,10,13). The van der Waals surface area contributed by atoms with Crippen molar-refractivity contribution in [1.29, 1.82) is 0 Å². The first-order valence-corrected chi connectivity index (χ1v) is 3.83. The topological polar surface area (TPSA) is 111 Å². The monoisotopic (exact) mass is 193 g/mol. The maximum absolute atomic E-state index is 10.9. The molecular weight excluding hydrogens is 186 g/mol. The predicted molar refractivity (Wildman–Crippen MR) is 47.3 cm³/mol. The van der Waals surface area contributed by atoms with Gasteiger partial charge >= 0.3 is 5.69 Å². The fraction of sp³-hybridized carbons (Fsp3) is 0.143. The molecule has 2 aromatic heterocycles. The zero-order chi connectivity index (χ0) is 10.1. The van der Waals surface area contributed by atoms with Crippen molar-refractivity contribution < 1.29 is 4.63 Å². The van der Waals surface area contributed by atoms with E-state index in [2.05, 4.69) is 24.9 Å². The molecule has 0 unspecified atom stereocenters. The van der Waals surface area contributed by atoms with Crippen LogP contribution in [0.4, 0.5) is 5.69 Å². The molecule has 2 heterocycles. The summed E-state index contributed by atoms with van der Waals surface area (Å²) in [5, 5.41) is 7.20. The third-order valence-corrected chi connectivity index (χ3v) is 1.73. The Morgan fingerprint density at radius 1 is 1.50 bits per heavy atom. The Hall–Kier alpha value is -2.18. The molecule has 0 aliphatic heterocycles. The lowest BCUT2D eigenvalue weighted by molar-refractivity contribution is 0.306. The first-order chi connectivity index (χ1) is 6.68. The molecule has 0 saturated carbocycles. The van der Waals surface area contributed by atoms with Crippen LogP contribution in [0.2, 0.25) is 0 Å². The van der Waals surface area contributed by atoms with Crippen LogP contribution >= 0.6 is 0 Å². The molecule has 0 saturated heterocycles. The van der Waals surface area contributed by atoms with Gasteiger partial charge in [0.2, 0.25) is 0 Å². The average Bonchev–Trinajstić information content (AvgIpc) is 2.56. The van der Waals surface area contributed by atoms with Gasteiger partial charge in [0.1, 0.15) is 5.69 Å². The fourth-order valence-electron chi connectivity index (χ4n) is 1.06. The average molecular weight is 193 g/mol. The van der Waals surface area contributed by atoms with Gasteiger partial charge in [-0.15, -0.1) is 0 Å². The summed E-state index contributed by atoms with van der Waals surface area (Å²) < 4.78 is 4.50. The highest BCUT2D eigenvalue weighted by atomic mass is 16.6. The van der Waals surface area contributed by atoms with Gasteiger partial charge in [-0.1, -0.05) is 5.16 Å². The Morgan fingerprint density at radius 2 is 2.29 bits per heavy atom. The lowest BCUT2D eigenvalue weighted by atomic mass is 10.2. The van der Waals surface area contributed by atoms with Crippen LogP contribution in [-0.2, 0) is 0 Å². The van der Waals surface area contributed by atoms with E-state index in [1.807, 2.05) is 0 Å². The zero-order valence-electron chi connectivity index (χ0n) is 7.31. The molecule has 0 aromatic carbocycles. The molecule has 3 N–H and O–H groups in total. The van der Waals surface area contributed by atoms with Crippen molar-refractivity contribution in [2.24, 2.45) is 0 Å². The summed E-state index contributed by atoms with van der Waals surface area (Å²) in [6.07, 6.45) is 1.27. The van der Waals surface area contributed by atoms with E-state index in [0.717, 1.165) is 0 Å². The molecule has 2 rings (SSSR count). The van der Waals surface area contributed by atoms with E-state index in [0.29, 0.717) is 22.8 Å². The second-order valence-corrected chi connectivity index (χ2v) is 2.72. The van der Waals surface area contributed by atoms with Crippen LogP contribution < -0.4 is 11.4 Å². The number of hydrogen-bond acceptors (Lipinski definition) is 6. The second-order valence-electron chi connectivity index (χ2n) is 2.72. The van der Waals surface area contributed by atoms with Crippen LogP contribution in [0.3, 0.4) is 0 Å². The molecule has 7 heteroatoms. The smallest absolute Gasteiger partial charge is 0.345 e. The summed E-state index contributed by atoms with van der Waals surface area (Å²) in [6, 6.07) is 0. The molecule has 0 aliphatic rings. The van der Waals surface area contributed by atoms with E-state index >= 15 is 0 Å². The Balaban J connectivity index is 2.68. The first-order valence-electron chi connectivity index (χ1n) is 3.83. The molecule has 72 valence electrons. The number of aryl methyl sites for hydroxylation is 1. The van der Waals surface area contributed by atoms with Crippen molar-refractivity contribution in [3.05, 3.63) is 22.4 Å². The van der Waals surface area contributed by atoms with Crippen molar-refractivity contribution in [3.63, 3.8) is 0 Å². The van der Waals surface area contributed by atoms with E-state index in [1.54, 1.807) is 6.92 Å². The van der Waals surface area contributed by atoms with E-state index in [9.17, 15) is 4.79 Å². The zero-order valence-corrected chi connectivity index (χ0v) is 7.31. The number of nitrogens with two attached hydrogens (primary N) is 1. The van der Waals surface area contributed by atoms with Crippen molar-refractivity contribution in [2.45, 2.75) is 6.92 Å². The van der Waals surface area contributed by atoms with Gasteiger partial charge in [0.25, 0.3) is 0 Å². The van der Waals surface area contributed by atoms with Crippen molar-refractivity contribution in [2.75, 3.05) is 5.73 Å². The summed E-state index contributed by atoms with van der Waals surface area (Å²) in [7, 11) is 0. The highest BCUT2D eigenvalue weighted by Gasteiger charge is 2.12. The summed E-state index contributed by atoms with van der Waals surface area (Å²) in [5.74, 6) is 0. The maximum Gasteiger partial charge on any atom is 0.345 e. The molecule has 0 radical (unpaired) electrons. The van der Waals surface area contributed by atoms with Gasteiger partial charge in [0, 0.05) is 0 Å². The van der Waals surface area contributed by atoms with Crippen LogP contribution in [0.15, 0.2) is 15.6 Å². The quantitative estimate of drug-likeness (QED) is 0.643. The Morgan fingerprint density at radius 3 is 2.93 bits per heavy atom. The lowest BCUT2D eigenvalue weighted by Crippen LogP contribution is -2.12. The van der Waals surface area contributed by atoms with Crippen molar-refractivity contribution in [3.8, 4) is 11.4 Å². The van der Waals surface area contributed by atoms with Gasteiger partial charge in [-0.2, -0.15) is 4.98 Å². The van der Waals surface area contributed by atoms with Gasteiger partial charge in [-0.25, -0.2) is 9.42 Å². The molecule has 14 heavy (non-hydrogen) atoms. The summed E-state index contributed by atoms with van der Waals surface area (Å²) in [5.41, 5.74) is 6.79. The van der Waals surface area contributed by atoms with Gasteiger partial charge in [0.05, 0.1) is 17.6 Å². The van der Waals surface area contributed by atoms with E-state index in [1.165, 1.54) is 6.20 Å². The molecule has 2 aromatic rings. The van der Waals surface area contributed by atoms with Crippen molar-refractivity contribution >= 4 is 5.69 Å². The van der Waals surface area contributed by atoms with E-state index < -0.39 is 5.69 Å². The molecule has 0 spiro atoms. The SMILES string of the molecule is Cc1nonc1-c1[nH]c(=O)ncc1N. The normalized spacial score (nSPS) is 10.4. The highest BCUT2D eigenvalue weighted by Crippen LogP contribution is 2.20. The van der Waals surface area contributed by atoms with Gasteiger partial charge in [0.15, 0.2) is 5.69 Å². The minimum absolute atomic E-state index is 0.323. The number of nitrogen functional groups attached to an aromatic ring is 1. The Labute approximate surface area is 77.9 Å². The number of nitrogens with one attached hydrogen (secondary N) is 1. The third kappa shape index (κ3) is 1.24. The third-order valence-electron chi connectivity index (χ3n) is 1.73. The minimum Gasteiger partial charge on any atom is -0.396 e. The lowest BCUT2D eigenvalue weighted by Gasteiger charge is -1.99. The van der Waals surface area contributed by atoms with Gasteiger partial charge in [-0.3, -0.25) is 0 Å². The van der Waals surface area contributed by atoms with Gasteiger partial charge < -0.3 is 10.7 Å². The van der Waals surface area contributed by atoms with Crippen molar-refractivity contribution in [1.82, 2.24) is 20.3 Å². The summed E-state index contributed by atoms with van der Waals surface area (Å²) >= 11 is 0. The minimum atomic E-state index is -0.489. The molecular formula is C7H7N5O2. The van der Waals surface area contributed by atoms with E-state index in [4.69, 9.17) is 5.73 Å². The number of aromatic nitrogens is 4. The fourth-order valence-corrected chi connectivity index (χ4v) is 1.06. The maximum atomic E-state index is 10.9. The van der Waals surface area contributed by atoms with Crippen LogP contribution in [0.25, 0.3) is 11.4 Å². The largest absolute Gasteiger partial charge is 0.396 e. The molecule has 0 aliphatic carbocycles. The number of hydrogen-bond donors (Lipinski definition) is 2. The van der Waals surface area contributed by atoms with E-state index in [-0.39, 0.29) is 0 Å². The molecule has 0 atom stereocenters. The predicted octanol–water partition coefficient (Wildman–Crippen LogP) is -0.289. The van der Waals surface area contributed by atoms with Crippen LogP contribution in [-0.4, -0.2) is 20.3 Å². The Bertz CT molecular complexity index is 515. The van der Waals surface area contributed by atoms with Crippen LogP contribution in [0.5, 0.6) is 0 Å². The van der Waals surface area contributed by atoms with Gasteiger partial charge in [-0.05, 0) is 12.1 Å². The summed E-state index contributed by atoms with van der Waals surface area (Å²) in [4.78, 5) is 16.9. The number of nitrogens with zero attached hydrogens (tertiary/aromatic N) is 3. The van der Waals surface area contributed by atoms with Crippen LogP contribution in [0.1, 0.15) is 5.69 Å². The number of H-pyrrole nitrogens is 1.